The Labute approximate surface area is 149 Å². The molecule has 25 heavy (non-hydrogen) atoms. The molecule has 0 spiro atoms. The maximum absolute atomic E-state index is 12.6. The zero-order chi connectivity index (χ0) is 17.8. The van der Waals surface area contributed by atoms with Crippen LogP contribution in [0.3, 0.4) is 0 Å². The standard InChI is InChI=1S/C20H26N4O/c1-15(24-12-10-16-7-4-5-8-18(16)14-24)20(25)22-13-17-9-6-11-21-19(17)23(2)3/h4-9,11,15H,10,12-14H2,1-3H3,(H,22,25)/t15-/m1/s1. The first-order valence-electron chi connectivity index (χ1n) is 8.76. The number of anilines is 1. The van der Waals surface area contributed by atoms with E-state index in [1.54, 1.807) is 6.20 Å². The van der Waals surface area contributed by atoms with Crippen LogP contribution in [0.5, 0.6) is 0 Å². The summed E-state index contributed by atoms with van der Waals surface area (Å²) in [5.74, 6) is 0.954. The van der Waals surface area contributed by atoms with E-state index in [9.17, 15) is 4.79 Å². The van der Waals surface area contributed by atoms with Gasteiger partial charge in [0.25, 0.3) is 0 Å². The Hall–Kier alpha value is -2.40. The Kier molecular flexibility index (Phi) is 5.34. The van der Waals surface area contributed by atoms with Crippen molar-refractivity contribution < 1.29 is 4.79 Å². The molecule has 2 heterocycles. The Balaban J connectivity index is 1.61. The number of nitrogens with one attached hydrogen (secondary N) is 1. The van der Waals surface area contributed by atoms with Crippen LogP contribution in [0.25, 0.3) is 0 Å². The van der Waals surface area contributed by atoms with Crippen LogP contribution in [0.4, 0.5) is 5.82 Å². The van der Waals surface area contributed by atoms with Crippen molar-refractivity contribution in [1.29, 1.82) is 0 Å². The van der Waals surface area contributed by atoms with Crippen molar-refractivity contribution in [2.24, 2.45) is 0 Å². The van der Waals surface area contributed by atoms with Gasteiger partial charge in [-0.2, -0.15) is 0 Å². The molecule has 1 aliphatic heterocycles. The number of amides is 1. The molecule has 3 rings (SSSR count). The summed E-state index contributed by atoms with van der Waals surface area (Å²) in [5, 5.41) is 3.07. The second-order valence-electron chi connectivity index (χ2n) is 6.76. The highest BCUT2D eigenvalue weighted by Gasteiger charge is 2.25. The predicted octanol–water partition coefficient (Wildman–Crippen LogP) is 2.21. The van der Waals surface area contributed by atoms with E-state index < -0.39 is 0 Å². The Morgan fingerprint density at radius 2 is 2.00 bits per heavy atom. The van der Waals surface area contributed by atoms with Crippen LogP contribution in [0.2, 0.25) is 0 Å². The summed E-state index contributed by atoms with van der Waals surface area (Å²) >= 11 is 0. The number of carbonyl (C=O) groups is 1. The maximum Gasteiger partial charge on any atom is 0.237 e. The lowest BCUT2D eigenvalue weighted by Crippen LogP contribution is -2.46. The first kappa shape index (κ1) is 17.4. The number of pyridine rings is 1. The minimum Gasteiger partial charge on any atom is -0.362 e. The lowest BCUT2D eigenvalue weighted by molar-refractivity contribution is -0.126. The number of aromatic nitrogens is 1. The van der Waals surface area contributed by atoms with E-state index in [4.69, 9.17) is 0 Å². The van der Waals surface area contributed by atoms with Crippen molar-refractivity contribution in [3.8, 4) is 0 Å². The quantitative estimate of drug-likeness (QED) is 0.908. The van der Waals surface area contributed by atoms with Gasteiger partial charge in [-0.15, -0.1) is 0 Å². The van der Waals surface area contributed by atoms with E-state index in [1.165, 1.54) is 11.1 Å². The smallest absolute Gasteiger partial charge is 0.237 e. The summed E-state index contributed by atoms with van der Waals surface area (Å²) in [5.41, 5.74) is 3.75. The molecule has 0 saturated carbocycles. The monoisotopic (exact) mass is 338 g/mol. The van der Waals surface area contributed by atoms with Crippen LogP contribution in [0.1, 0.15) is 23.6 Å². The summed E-state index contributed by atoms with van der Waals surface area (Å²) in [6.45, 7) is 4.23. The first-order chi connectivity index (χ1) is 12.1. The van der Waals surface area contributed by atoms with Gasteiger partial charge in [0.15, 0.2) is 0 Å². The fourth-order valence-electron chi connectivity index (χ4n) is 3.31. The predicted molar refractivity (Wildman–Crippen MR) is 100 cm³/mol. The number of benzene rings is 1. The van der Waals surface area contributed by atoms with Crippen molar-refractivity contribution in [3.63, 3.8) is 0 Å². The highest BCUT2D eigenvalue weighted by atomic mass is 16.2. The highest BCUT2D eigenvalue weighted by molar-refractivity contribution is 5.81. The summed E-state index contributed by atoms with van der Waals surface area (Å²) < 4.78 is 0. The molecule has 1 amide bonds. The normalized spacial score (nSPS) is 15.3. The molecule has 0 radical (unpaired) electrons. The third-order valence-corrected chi connectivity index (χ3v) is 4.83. The summed E-state index contributed by atoms with van der Waals surface area (Å²) in [4.78, 5) is 21.2. The van der Waals surface area contributed by atoms with Crippen molar-refractivity contribution >= 4 is 11.7 Å². The Morgan fingerprint density at radius 1 is 1.24 bits per heavy atom. The van der Waals surface area contributed by atoms with Crippen molar-refractivity contribution in [3.05, 3.63) is 59.3 Å². The molecule has 0 aliphatic carbocycles. The minimum absolute atomic E-state index is 0.0629. The average Bonchev–Trinajstić information content (AvgIpc) is 2.65. The van der Waals surface area contributed by atoms with Crippen molar-refractivity contribution in [2.45, 2.75) is 32.5 Å². The van der Waals surface area contributed by atoms with Crippen LogP contribution in [0, 0.1) is 0 Å². The summed E-state index contributed by atoms with van der Waals surface area (Å²) in [7, 11) is 3.92. The summed E-state index contributed by atoms with van der Waals surface area (Å²) in [6.07, 6.45) is 2.77. The van der Waals surface area contributed by atoms with Gasteiger partial charge < -0.3 is 10.2 Å². The van der Waals surface area contributed by atoms with Gasteiger partial charge in [0, 0.05) is 45.5 Å². The SMILES string of the molecule is C[C@H](C(=O)NCc1cccnc1N(C)C)N1CCc2ccccc2C1. The number of hydrogen-bond acceptors (Lipinski definition) is 4. The molecular weight excluding hydrogens is 312 g/mol. The molecule has 132 valence electrons. The molecule has 1 aliphatic rings. The van der Waals surface area contributed by atoms with Gasteiger partial charge in [0.1, 0.15) is 5.82 Å². The molecule has 0 unspecified atom stereocenters. The van der Waals surface area contributed by atoms with Crippen molar-refractivity contribution in [1.82, 2.24) is 15.2 Å². The van der Waals surface area contributed by atoms with E-state index in [2.05, 4.69) is 39.5 Å². The van der Waals surface area contributed by atoms with E-state index in [-0.39, 0.29) is 11.9 Å². The molecule has 1 aromatic heterocycles. The lowest BCUT2D eigenvalue weighted by Gasteiger charge is -2.33. The number of carbonyl (C=O) groups excluding carboxylic acids is 1. The number of nitrogens with zero attached hydrogens (tertiary/aromatic N) is 3. The molecule has 1 N–H and O–H groups in total. The molecular formula is C20H26N4O. The molecule has 2 aromatic rings. The highest BCUT2D eigenvalue weighted by Crippen LogP contribution is 2.20. The molecule has 0 fully saturated rings. The fourth-order valence-corrected chi connectivity index (χ4v) is 3.31. The molecule has 1 atom stereocenters. The van der Waals surface area contributed by atoms with E-state index >= 15 is 0 Å². The van der Waals surface area contributed by atoms with Gasteiger partial charge in [-0.3, -0.25) is 9.69 Å². The number of rotatable bonds is 5. The number of hydrogen-bond donors (Lipinski definition) is 1. The van der Waals surface area contributed by atoms with E-state index in [0.29, 0.717) is 6.54 Å². The minimum atomic E-state index is -0.146. The molecule has 1 aromatic carbocycles. The van der Waals surface area contributed by atoms with Gasteiger partial charge in [-0.1, -0.05) is 30.3 Å². The fraction of sp³-hybridized carbons (Fsp3) is 0.400. The zero-order valence-corrected chi connectivity index (χ0v) is 15.2. The van der Waals surface area contributed by atoms with E-state index in [1.807, 2.05) is 38.1 Å². The van der Waals surface area contributed by atoms with Gasteiger partial charge in [-0.05, 0) is 30.5 Å². The van der Waals surface area contributed by atoms with Crippen molar-refractivity contribution in [2.75, 3.05) is 25.5 Å². The molecule has 0 bridgehead atoms. The number of fused-ring (bicyclic) bond motifs is 1. The maximum atomic E-state index is 12.6. The van der Waals surface area contributed by atoms with Crippen LogP contribution in [-0.2, 0) is 24.3 Å². The third-order valence-electron chi connectivity index (χ3n) is 4.83. The van der Waals surface area contributed by atoms with Gasteiger partial charge >= 0.3 is 0 Å². The zero-order valence-electron chi connectivity index (χ0n) is 15.2. The Bertz CT molecular complexity index is 744. The third kappa shape index (κ3) is 3.99. The Morgan fingerprint density at radius 3 is 2.76 bits per heavy atom. The average molecular weight is 338 g/mol. The van der Waals surface area contributed by atoms with Gasteiger partial charge in [-0.25, -0.2) is 4.98 Å². The topological polar surface area (TPSA) is 48.5 Å². The molecule has 5 nitrogen and oxygen atoms in total. The molecule has 0 saturated heterocycles. The largest absolute Gasteiger partial charge is 0.362 e. The van der Waals surface area contributed by atoms with Crippen LogP contribution in [0.15, 0.2) is 42.6 Å². The van der Waals surface area contributed by atoms with Crippen LogP contribution >= 0.6 is 0 Å². The van der Waals surface area contributed by atoms with Gasteiger partial charge in [0.05, 0.1) is 6.04 Å². The lowest BCUT2D eigenvalue weighted by atomic mass is 9.99. The second kappa shape index (κ2) is 7.66. The first-order valence-corrected chi connectivity index (χ1v) is 8.76. The van der Waals surface area contributed by atoms with E-state index in [0.717, 1.165) is 30.9 Å². The van der Waals surface area contributed by atoms with Crippen LogP contribution in [-0.4, -0.2) is 42.5 Å². The van der Waals surface area contributed by atoms with Crippen LogP contribution < -0.4 is 10.2 Å². The summed E-state index contributed by atoms with van der Waals surface area (Å²) in [6, 6.07) is 12.3. The van der Waals surface area contributed by atoms with Gasteiger partial charge in [0.2, 0.25) is 5.91 Å². The second-order valence-corrected chi connectivity index (χ2v) is 6.76. The molecule has 5 heteroatoms.